The molecule has 0 aliphatic rings. The van der Waals surface area contributed by atoms with E-state index < -0.39 is 0 Å². The van der Waals surface area contributed by atoms with Gasteiger partial charge in [0.2, 0.25) is 0 Å². The maximum atomic E-state index is 12.3. The summed E-state index contributed by atoms with van der Waals surface area (Å²) in [6.45, 7) is 0. The number of amides is 1. The molecular formula is C17H12N4OS. The molecule has 0 atom stereocenters. The van der Waals surface area contributed by atoms with Crippen molar-refractivity contribution in [2.75, 3.05) is 5.32 Å². The first-order chi connectivity index (χ1) is 11.3. The Morgan fingerprint density at radius 1 is 1.09 bits per heavy atom. The number of nitrogens with zero attached hydrogens (tertiary/aromatic N) is 3. The van der Waals surface area contributed by atoms with Crippen LogP contribution in [0, 0.1) is 0 Å². The Balaban J connectivity index is 1.65. The molecule has 0 aliphatic carbocycles. The van der Waals surface area contributed by atoms with Gasteiger partial charge in [0.1, 0.15) is 0 Å². The summed E-state index contributed by atoms with van der Waals surface area (Å²) in [6, 6.07) is 13.0. The number of benzene rings is 1. The highest BCUT2D eigenvalue weighted by Gasteiger charge is 2.10. The number of hydrogen-bond acceptors (Lipinski definition) is 4. The molecule has 0 radical (unpaired) electrons. The molecule has 0 bridgehead atoms. The molecule has 1 N–H and O–H groups in total. The minimum absolute atomic E-state index is 0.144. The van der Waals surface area contributed by atoms with Gasteiger partial charge in [0, 0.05) is 36.0 Å². The molecule has 23 heavy (non-hydrogen) atoms. The number of rotatable bonds is 3. The highest BCUT2D eigenvalue weighted by Crippen LogP contribution is 2.26. The molecule has 1 amide bonds. The predicted octanol–water partition coefficient (Wildman–Crippen LogP) is 3.73. The van der Waals surface area contributed by atoms with Gasteiger partial charge in [-0.3, -0.25) is 9.78 Å². The lowest BCUT2D eigenvalue weighted by Crippen LogP contribution is -2.11. The van der Waals surface area contributed by atoms with E-state index in [0.29, 0.717) is 5.56 Å². The first kappa shape index (κ1) is 13.7. The number of thiazole rings is 1. The molecule has 0 saturated heterocycles. The molecule has 3 aromatic heterocycles. The summed E-state index contributed by atoms with van der Waals surface area (Å²) in [6.07, 6.45) is 7.19. The van der Waals surface area contributed by atoms with E-state index in [2.05, 4.69) is 15.3 Å². The second-order valence-corrected chi connectivity index (χ2v) is 5.97. The third-order valence-corrected chi connectivity index (χ3v) is 4.43. The average molecular weight is 320 g/mol. The van der Waals surface area contributed by atoms with E-state index in [1.807, 2.05) is 41.2 Å². The van der Waals surface area contributed by atoms with Crippen molar-refractivity contribution >= 4 is 33.1 Å². The minimum atomic E-state index is -0.144. The molecular weight excluding hydrogens is 308 g/mol. The molecule has 3 heterocycles. The largest absolute Gasteiger partial charge is 0.322 e. The molecule has 0 unspecified atom stereocenters. The maximum Gasteiger partial charge on any atom is 0.255 e. The summed E-state index contributed by atoms with van der Waals surface area (Å²) >= 11 is 1.55. The summed E-state index contributed by atoms with van der Waals surface area (Å²) in [7, 11) is 0. The zero-order chi connectivity index (χ0) is 15.6. The molecule has 4 aromatic rings. The number of carbonyl (C=O) groups is 1. The third kappa shape index (κ3) is 2.72. The van der Waals surface area contributed by atoms with Crippen LogP contribution >= 0.6 is 11.3 Å². The number of nitrogens with one attached hydrogen (secondary N) is 1. The van der Waals surface area contributed by atoms with Crippen LogP contribution in [0.3, 0.4) is 0 Å². The van der Waals surface area contributed by atoms with Crippen molar-refractivity contribution in [1.29, 1.82) is 0 Å². The fourth-order valence-electron chi connectivity index (χ4n) is 2.26. The Morgan fingerprint density at radius 3 is 2.65 bits per heavy atom. The van der Waals surface area contributed by atoms with Crippen molar-refractivity contribution in [3.05, 3.63) is 72.8 Å². The lowest BCUT2D eigenvalue weighted by atomic mass is 10.2. The number of hydrogen-bond donors (Lipinski definition) is 1. The summed E-state index contributed by atoms with van der Waals surface area (Å²) in [5.41, 5.74) is 2.22. The van der Waals surface area contributed by atoms with E-state index in [1.54, 1.807) is 41.9 Å². The monoisotopic (exact) mass is 320 g/mol. The summed E-state index contributed by atoms with van der Waals surface area (Å²) in [5, 5.41) is 3.74. The van der Waals surface area contributed by atoms with Crippen molar-refractivity contribution in [2.45, 2.75) is 0 Å². The Labute approximate surface area is 136 Å². The van der Waals surface area contributed by atoms with Gasteiger partial charge in [0.05, 0.1) is 10.2 Å². The summed E-state index contributed by atoms with van der Waals surface area (Å²) < 4.78 is 2.94. The molecule has 1 aromatic carbocycles. The number of carbonyl (C=O) groups excluding carboxylic acids is 1. The van der Waals surface area contributed by atoms with Crippen LogP contribution in [0.2, 0.25) is 0 Å². The van der Waals surface area contributed by atoms with Gasteiger partial charge in [-0.05, 0) is 42.5 Å². The fraction of sp³-hybridized carbons (Fsp3) is 0. The SMILES string of the molecule is O=C(Nc1ccncc1)c1ccc2nc(-n3cccc3)sc2c1. The Morgan fingerprint density at radius 2 is 1.87 bits per heavy atom. The van der Waals surface area contributed by atoms with E-state index >= 15 is 0 Å². The summed E-state index contributed by atoms with van der Waals surface area (Å²) in [5.74, 6) is -0.144. The standard InChI is InChI=1S/C17H12N4OS/c22-16(19-13-5-7-18-8-6-13)12-3-4-14-15(11-12)23-17(20-14)21-9-1-2-10-21/h1-11H,(H,18,19,22). The Hall–Kier alpha value is -2.99. The number of pyridine rings is 1. The Kier molecular flexibility index (Phi) is 3.36. The zero-order valence-electron chi connectivity index (χ0n) is 12.0. The van der Waals surface area contributed by atoms with Crippen LogP contribution in [0.4, 0.5) is 5.69 Å². The van der Waals surface area contributed by atoms with Crippen molar-refractivity contribution in [3.63, 3.8) is 0 Å². The van der Waals surface area contributed by atoms with Crippen LogP contribution in [0.25, 0.3) is 15.3 Å². The maximum absolute atomic E-state index is 12.3. The first-order valence-corrected chi connectivity index (χ1v) is 7.86. The van der Waals surface area contributed by atoms with Gasteiger partial charge >= 0.3 is 0 Å². The average Bonchev–Trinajstić information content (AvgIpc) is 3.24. The van der Waals surface area contributed by atoms with Gasteiger partial charge in [-0.1, -0.05) is 11.3 Å². The van der Waals surface area contributed by atoms with Crippen LogP contribution < -0.4 is 5.32 Å². The van der Waals surface area contributed by atoms with Crippen molar-refractivity contribution in [1.82, 2.24) is 14.5 Å². The van der Waals surface area contributed by atoms with Gasteiger partial charge in [-0.2, -0.15) is 0 Å². The number of anilines is 1. The minimum Gasteiger partial charge on any atom is -0.322 e. The molecule has 0 spiro atoms. The van der Waals surface area contributed by atoms with E-state index in [0.717, 1.165) is 21.0 Å². The van der Waals surface area contributed by atoms with Gasteiger partial charge in [0.15, 0.2) is 5.13 Å². The van der Waals surface area contributed by atoms with Crippen molar-refractivity contribution in [2.24, 2.45) is 0 Å². The second-order valence-electron chi connectivity index (χ2n) is 4.96. The molecule has 0 saturated carbocycles. The smallest absolute Gasteiger partial charge is 0.255 e. The van der Waals surface area contributed by atoms with Gasteiger partial charge in [-0.15, -0.1) is 0 Å². The fourth-order valence-corrected chi connectivity index (χ4v) is 3.24. The Bertz CT molecular complexity index is 961. The molecule has 0 fully saturated rings. The second kappa shape index (κ2) is 5.66. The molecule has 4 rings (SSSR count). The van der Waals surface area contributed by atoms with Crippen molar-refractivity contribution < 1.29 is 4.79 Å². The van der Waals surface area contributed by atoms with Gasteiger partial charge in [-0.25, -0.2) is 4.98 Å². The topological polar surface area (TPSA) is 59.8 Å². The number of aromatic nitrogens is 3. The van der Waals surface area contributed by atoms with E-state index in [-0.39, 0.29) is 5.91 Å². The van der Waals surface area contributed by atoms with E-state index in [4.69, 9.17) is 0 Å². The van der Waals surface area contributed by atoms with Crippen LogP contribution in [-0.4, -0.2) is 20.4 Å². The highest BCUT2D eigenvalue weighted by atomic mass is 32.1. The van der Waals surface area contributed by atoms with Gasteiger partial charge in [0.25, 0.3) is 5.91 Å². The zero-order valence-corrected chi connectivity index (χ0v) is 12.8. The lowest BCUT2D eigenvalue weighted by molar-refractivity contribution is 0.102. The first-order valence-electron chi connectivity index (χ1n) is 7.05. The highest BCUT2D eigenvalue weighted by molar-refractivity contribution is 7.20. The van der Waals surface area contributed by atoms with E-state index in [9.17, 15) is 4.79 Å². The quantitative estimate of drug-likeness (QED) is 0.625. The lowest BCUT2D eigenvalue weighted by Gasteiger charge is -2.04. The van der Waals surface area contributed by atoms with E-state index in [1.165, 1.54) is 0 Å². The number of fused-ring (bicyclic) bond motifs is 1. The molecule has 6 heteroatoms. The van der Waals surface area contributed by atoms with Crippen LogP contribution in [-0.2, 0) is 0 Å². The van der Waals surface area contributed by atoms with Gasteiger partial charge < -0.3 is 9.88 Å². The van der Waals surface area contributed by atoms with Crippen LogP contribution in [0.5, 0.6) is 0 Å². The third-order valence-electron chi connectivity index (χ3n) is 3.40. The van der Waals surface area contributed by atoms with Crippen LogP contribution in [0.15, 0.2) is 67.3 Å². The normalized spacial score (nSPS) is 10.8. The molecule has 5 nitrogen and oxygen atoms in total. The predicted molar refractivity (Wildman–Crippen MR) is 91.1 cm³/mol. The summed E-state index contributed by atoms with van der Waals surface area (Å²) in [4.78, 5) is 20.9. The van der Waals surface area contributed by atoms with Crippen LogP contribution in [0.1, 0.15) is 10.4 Å². The molecule has 112 valence electrons. The van der Waals surface area contributed by atoms with Crippen molar-refractivity contribution in [3.8, 4) is 5.13 Å². The molecule has 0 aliphatic heterocycles.